The van der Waals surface area contributed by atoms with Crippen molar-refractivity contribution in [2.75, 3.05) is 5.32 Å². The Morgan fingerprint density at radius 1 is 1.03 bits per heavy atom. The van der Waals surface area contributed by atoms with Crippen LogP contribution in [0.3, 0.4) is 0 Å². The van der Waals surface area contributed by atoms with Gasteiger partial charge in [0.1, 0.15) is 5.82 Å². The van der Waals surface area contributed by atoms with Crippen LogP contribution in [0.25, 0.3) is 0 Å². The topological polar surface area (TPSA) is 58.2 Å². The van der Waals surface area contributed by atoms with Gasteiger partial charge in [0.05, 0.1) is 12.0 Å². The number of alkyl halides is 3. The molecule has 0 saturated heterocycles. The summed E-state index contributed by atoms with van der Waals surface area (Å²) in [7, 11) is 0. The molecule has 0 spiro atoms. The maximum Gasteiger partial charge on any atom is 0.416 e. The van der Waals surface area contributed by atoms with E-state index in [1.54, 1.807) is 0 Å². The van der Waals surface area contributed by atoms with Crippen LogP contribution in [-0.4, -0.2) is 17.4 Å². The number of benzene rings is 2. The summed E-state index contributed by atoms with van der Waals surface area (Å²) in [5, 5.41) is 5.66. The van der Waals surface area contributed by atoms with E-state index in [4.69, 9.17) is 0 Å². The highest BCUT2D eigenvalue weighted by Gasteiger charge is 2.71. The highest BCUT2D eigenvalue weighted by molar-refractivity contribution is 5.93. The summed E-state index contributed by atoms with van der Waals surface area (Å²) < 4.78 is 52.4. The molecule has 0 aliphatic heterocycles. The van der Waals surface area contributed by atoms with E-state index in [0.717, 1.165) is 6.07 Å². The lowest BCUT2D eigenvalue weighted by molar-refractivity contribution is -0.191. The van der Waals surface area contributed by atoms with Crippen molar-refractivity contribution in [3.63, 3.8) is 0 Å². The van der Waals surface area contributed by atoms with Gasteiger partial charge in [-0.05, 0) is 60.6 Å². The van der Waals surface area contributed by atoms with Crippen LogP contribution in [0.2, 0.25) is 0 Å². The molecular weight excluding hydrogens is 412 g/mol. The lowest BCUT2D eigenvalue weighted by Crippen LogP contribution is -2.77. The normalized spacial score (nSPS) is 25.1. The quantitative estimate of drug-likeness (QED) is 0.648. The summed E-state index contributed by atoms with van der Waals surface area (Å²) in [6.45, 7) is 1.82. The van der Waals surface area contributed by atoms with E-state index < -0.39 is 23.2 Å². The lowest BCUT2D eigenvalue weighted by atomic mass is 9.36. The van der Waals surface area contributed by atoms with Crippen LogP contribution < -0.4 is 10.6 Å². The molecule has 1 atom stereocenters. The molecule has 3 aliphatic carbocycles. The van der Waals surface area contributed by atoms with E-state index in [1.807, 2.05) is 6.92 Å². The fourth-order valence-corrected chi connectivity index (χ4v) is 4.98. The van der Waals surface area contributed by atoms with E-state index in [-0.39, 0.29) is 35.0 Å². The Labute approximate surface area is 177 Å². The summed E-state index contributed by atoms with van der Waals surface area (Å²) in [5.41, 5.74) is -1.00. The number of amides is 2. The van der Waals surface area contributed by atoms with E-state index in [9.17, 15) is 27.2 Å². The van der Waals surface area contributed by atoms with Crippen molar-refractivity contribution in [2.45, 2.75) is 44.3 Å². The molecule has 31 heavy (non-hydrogen) atoms. The van der Waals surface area contributed by atoms with E-state index in [2.05, 4.69) is 10.6 Å². The van der Waals surface area contributed by atoms with Gasteiger partial charge < -0.3 is 10.6 Å². The van der Waals surface area contributed by atoms with Crippen molar-refractivity contribution < 1.29 is 27.2 Å². The van der Waals surface area contributed by atoms with Crippen LogP contribution in [0.15, 0.2) is 48.5 Å². The first-order valence-corrected chi connectivity index (χ1v) is 10.0. The van der Waals surface area contributed by atoms with Crippen molar-refractivity contribution >= 4 is 17.5 Å². The molecule has 2 N–H and O–H groups in total. The Balaban J connectivity index is 1.32. The third-order valence-electron chi connectivity index (χ3n) is 6.57. The first-order chi connectivity index (χ1) is 14.5. The molecule has 5 rings (SSSR count). The molecule has 2 bridgehead atoms. The maximum atomic E-state index is 13.1. The van der Waals surface area contributed by atoms with Crippen molar-refractivity contribution in [2.24, 2.45) is 11.3 Å². The zero-order chi connectivity index (χ0) is 22.4. The van der Waals surface area contributed by atoms with Crippen LogP contribution in [0, 0.1) is 17.2 Å². The number of nitrogens with one attached hydrogen (secondary N) is 2. The smallest absolute Gasteiger partial charge is 0.350 e. The fourth-order valence-electron chi connectivity index (χ4n) is 4.98. The molecule has 0 aromatic heterocycles. The molecule has 3 fully saturated rings. The first kappa shape index (κ1) is 21.3. The van der Waals surface area contributed by atoms with E-state index in [1.165, 1.54) is 42.5 Å². The average Bonchev–Trinajstić information content (AvgIpc) is 2.64. The van der Waals surface area contributed by atoms with Gasteiger partial charge in [0.25, 0.3) is 0 Å². The standard InChI is InChI=1S/C23H22F4N2O2/c1-14(20(31)28-17-8-6-16(24)7-9-17)21-11-22(12-21,13-21)29-19(30)10-15-4-2-3-5-18(15)23(25,26)27/h2-9,14H,10-13H2,1H3,(H,28,31)(H,29,30). The first-order valence-electron chi connectivity index (χ1n) is 10.0. The van der Waals surface area contributed by atoms with Crippen LogP contribution in [0.5, 0.6) is 0 Å². The molecule has 2 aromatic rings. The maximum absolute atomic E-state index is 13.1. The number of anilines is 1. The molecule has 2 amide bonds. The molecule has 0 heterocycles. The molecule has 2 aromatic carbocycles. The third-order valence-corrected chi connectivity index (χ3v) is 6.57. The molecule has 1 unspecified atom stereocenters. The fraction of sp³-hybridized carbons (Fsp3) is 0.391. The van der Waals surface area contributed by atoms with Gasteiger partial charge in [-0.15, -0.1) is 0 Å². The number of hydrogen-bond acceptors (Lipinski definition) is 2. The molecule has 8 heteroatoms. The summed E-state index contributed by atoms with van der Waals surface area (Å²) >= 11 is 0. The molecule has 0 radical (unpaired) electrons. The summed E-state index contributed by atoms with van der Waals surface area (Å²) in [4.78, 5) is 25.0. The SMILES string of the molecule is CC(C(=O)Nc1ccc(F)cc1)C12CC(NC(=O)Cc3ccccc3C(F)(F)F)(C1)C2. The number of carbonyl (C=O) groups excluding carboxylic acids is 2. The van der Waals surface area contributed by atoms with Gasteiger partial charge in [0.15, 0.2) is 0 Å². The van der Waals surface area contributed by atoms with Gasteiger partial charge in [-0.2, -0.15) is 13.2 Å². The Morgan fingerprint density at radius 2 is 1.65 bits per heavy atom. The Morgan fingerprint density at radius 3 is 2.26 bits per heavy atom. The van der Waals surface area contributed by atoms with Crippen LogP contribution in [-0.2, 0) is 22.2 Å². The largest absolute Gasteiger partial charge is 0.416 e. The van der Waals surface area contributed by atoms with E-state index in [0.29, 0.717) is 24.9 Å². The van der Waals surface area contributed by atoms with Gasteiger partial charge in [-0.25, -0.2) is 4.39 Å². The highest BCUT2D eigenvalue weighted by Crippen LogP contribution is 2.70. The van der Waals surface area contributed by atoms with Gasteiger partial charge in [0, 0.05) is 17.1 Å². The minimum Gasteiger partial charge on any atom is -0.350 e. The summed E-state index contributed by atoms with van der Waals surface area (Å²) in [6, 6.07) is 10.6. The van der Waals surface area contributed by atoms with Gasteiger partial charge in [0.2, 0.25) is 11.8 Å². The Bertz CT molecular complexity index is 997. The average molecular weight is 434 g/mol. The minimum atomic E-state index is -4.51. The Hall–Kier alpha value is -2.90. The van der Waals surface area contributed by atoms with Gasteiger partial charge in [-0.1, -0.05) is 25.1 Å². The predicted molar refractivity (Wildman–Crippen MR) is 106 cm³/mol. The number of carbonyl (C=O) groups is 2. The monoisotopic (exact) mass is 434 g/mol. The van der Waals surface area contributed by atoms with Crippen LogP contribution >= 0.6 is 0 Å². The van der Waals surface area contributed by atoms with Crippen molar-refractivity contribution in [1.82, 2.24) is 5.32 Å². The van der Waals surface area contributed by atoms with Gasteiger partial charge >= 0.3 is 6.18 Å². The van der Waals surface area contributed by atoms with Crippen molar-refractivity contribution in [3.05, 3.63) is 65.5 Å². The van der Waals surface area contributed by atoms with Crippen molar-refractivity contribution in [3.8, 4) is 0 Å². The third kappa shape index (κ3) is 4.03. The zero-order valence-corrected chi connectivity index (χ0v) is 16.9. The molecule has 3 saturated carbocycles. The minimum absolute atomic E-state index is 0.0548. The summed E-state index contributed by atoms with van der Waals surface area (Å²) in [5.74, 6) is -1.32. The highest BCUT2D eigenvalue weighted by atomic mass is 19.4. The second-order valence-corrected chi connectivity index (χ2v) is 8.77. The van der Waals surface area contributed by atoms with Crippen LogP contribution in [0.4, 0.5) is 23.2 Å². The second kappa shape index (κ2) is 7.35. The van der Waals surface area contributed by atoms with Crippen LogP contribution in [0.1, 0.15) is 37.3 Å². The zero-order valence-electron chi connectivity index (χ0n) is 16.9. The number of halogens is 4. The number of rotatable bonds is 6. The second-order valence-electron chi connectivity index (χ2n) is 8.77. The molecule has 4 nitrogen and oxygen atoms in total. The molecular formula is C23H22F4N2O2. The Kier molecular flexibility index (Phi) is 5.06. The summed E-state index contributed by atoms with van der Waals surface area (Å²) in [6.07, 6.45) is -3.00. The molecule has 3 aliphatic rings. The van der Waals surface area contributed by atoms with E-state index >= 15 is 0 Å². The number of hydrogen-bond donors (Lipinski definition) is 2. The predicted octanol–water partition coefficient (Wildman–Crippen LogP) is 4.70. The molecule has 164 valence electrons. The lowest BCUT2D eigenvalue weighted by Gasteiger charge is -2.72. The van der Waals surface area contributed by atoms with Crippen molar-refractivity contribution in [1.29, 1.82) is 0 Å². The van der Waals surface area contributed by atoms with Gasteiger partial charge in [-0.3, -0.25) is 9.59 Å².